The number of carbonyl (C=O) groups is 9. The molecule has 8 rings (SSSR count). The Hall–Kier alpha value is -11.8. The van der Waals surface area contributed by atoms with Crippen molar-refractivity contribution in [3.05, 3.63) is 263 Å². The third-order valence-corrected chi connectivity index (χ3v) is 16.1. The van der Waals surface area contributed by atoms with Crippen molar-refractivity contribution in [2.75, 3.05) is 39.3 Å². The van der Waals surface area contributed by atoms with Gasteiger partial charge >= 0.3 is 17.9 Å². The summed E-state index contributed by atoms with van der Waals surface area (Å²) in [7, 11) is 0. The van der Waals surface area contributed by atoms with Gasteiger partial charge in [0.05, 0.1) is 25.2 Å². The molecule has 0 radical (unpaired) electrons. The SMILES string of the molecule is CC(=O)N(CCCCCNC(=O)CCC(=O)N(CCCCCNC(=O)CCC(=O)N(CCCCCNC(=O)c1ccccc1OCc1ccccc1)OC(=O)c1ccccc1OCc1ccccc1)OC(=O)c1ccccc1OCc1ccccc1)OC(=O)c1ccccc1OCc1ccccc1. The molecule has 0 atom stereocenters. The highest BCUT2D eigenvalue weighted by Gasteiger charge is 2.26. The lowest BCUT2D eigenvalue weighted by Gasteiger charge is -2.22. The van der Waals surface area contributed by atoms with Crippen LogP contribution in [0.1, 0.15) is 154 Å². The van der Waals surface area contributed by atoms with Crippen LogP contribution in [-0.2, 0) is 64.9 Å². The van der Waals surface area contributed by atoms with Gasteiger partial charge in [0, 0.05) is 52.2 Å². The third kappa shape index (κ3) is 27.0. The van der Waals surface area contributed by atoms with Crippen molar-refractivity contribution in [1.29, 1.82) is 0 Å². The highest BCUT2D eigenvalue weighted by atomic mass is 16.7. The maximum atomic E-state index is 13.9. The zero-order valence-corrected chi connectivity index (χ0v) is 57.9. The summed E-state index contributed by atoms with van der Waals surface area (Å²) in [5.41, 5.74) is 4.34. The minimum Gasteiger partial charge on any atom is -0.488 e. The Kier molecular flexibility index (Phi) is 32.1. The topological polar surface area (TPSA) is 264 Å². The fourth-order valence-corrected chi connectivity index (χ4v) is 10.5. The van der Waals surface area contributed by atoms with Gasteiger partial charge in [-0.05, 0) is 129 Å². The van der Waals surface area contributed by atoms with E-state index in [4.69, 9.17) is 33.5 Å². The van der Waals surface area contributed by atoms with Crippen LogP contribution in [0, 0.1) is 0 Å². The molecule has 0 heterocycles. The summed E-state index contributed by atoms with van der Waals surface area (Å²) in [4.78, 5) is 138. The maximum Gasteiger partial charge on any atom is 0.366 e. The molecule has 0 saturated carbocycles. The summed E-state index contributed by atoms with van der Waals surface area (Å²) in [5.74, 6) is -4.02. The molecule has 8 aromatic carbocycles. The Labute approximate surface area is 600 Å². The maximum absolute atomic E-state index is 13.9. The van der Waals surface area contributed by atoms with Gasteiger partial charge in [-0.2, -0.15) is 15.2 Å². The molecular formula is C81H88N6O16. The van der Waals surface area contributed by atoms with Crippen molar-refractivity contribution in [2.45, 2.75) is 117 Å². The molecule has 0 aliphatic heterocycles. The lowest BCUT2D eigenvalue weighted by molar-refractivity contribution is -0.168. The minimum absolute atomic E-state index is 0.00101. The molecule has 538 valence electrons. The largest absolute Gasteiger partial charge is 0.488 e. The van der Waals surface area contributed by atoms with Gasteiger partial charge in [-0.3, -0.25) is 28.8 Å². The van der Waals surface area contributed by atoms with Crippen LogP contribution < -0.4 is 34.9 Å². The minimum atomic E-state index is -0.852. The van der Waals surface area contributed by atoms with E-state index in [-0.39, 0.29) is 112 Å². The van der Waals surface area contributed by atoms with Crippen molar-refractivity contribution in [2.24, 2.45) is 0 Å². The molecule has 103 heavy (non-hydrogen) atoms. The number of ether oxygens (including phenoxy) is 4. The number of hydrogen-bond donors (Lipinski definition) is 3. The zero-order valence-electron chi connectivity index (χ0n) is 57.9. The van der Waals surface area contributed by atoms with E-state index in [1.54, 1.807) is 84.9 Å². The van der Waals surface area contributed by atoms with E-state index in [0.717, 1.165) is 37.4 Å². The summed E-state index contributed by atoms with van der Waals surface area (Å²) < 4.78 is 23.9. The quantitative estimate of drug-likeness (QED) is 0.0238. The van der Waals surface area contributed by atoms with Gasteiger partial charge in [-0.1, -0.05) is 170 Å². The van der Waals surface area contributed by atoms with E-state index in [1.165, 1.54) is 19.1 Å². The van der Waals surface area contributed by atoms with Crippen molar-refractivity contribution >= 4 is 53.4 Å². The molecule has 22 heteroatoms. The molecule has 0 fully saturated rings. The predicted octanol–water partition coefficient (Wildman–Crippen LogP) is 12.9. The Balaban J connectivity index is 0.790. The number of para-hydroxylation sites is 4. The summed E-state index contributed by atoms with van der Waals surface area (Å²) in [5, 5.41) is 11.5. The molecule has 0 bridgehead atoms. The van der Waals surface area contributed by atoms with E-state index >= 15 is 0 Å². The predicted molar refractivity (Wildman–Crippen MR) is 384 cm³/mol. The normalized spacial score (nSPS) is 10.7. The number of rotatable bonds is 40. The van der Waals surface area contributed by atoms with E-state index in [0.29, 0.717) is 88.0 Å². The molecule has 22 nitrogen and oxygen atoms in total. The number of hydrogen-bond acceptors (Lipinski definition) is 16. The molecule has 8 aromatic rings. The van der Waals surface area contributed by atoms with Crippen molar-refractivity contribution < 1.29 is 76.6 Å². The second-order valence-electron chi connectivity index (χ2n) is 24.0. The van der Waals surface area contributed by atoms with Crippen molar-refractivity contribution in [3.8, 4) is 23.0 Å². The number of unbranched alkanes of at least 4 members (excludes halogenated alkanes) is 6. The van der Waals surface area contributed by atoms with Gasteiger partial charge < -0.3 is 49.4 Å². The number of benzene rings is 8. The van der Waals surface area contributed by atoms with Crippen LogP contribution in [0.4, 0.5) is 0 Å². The molecule has 0 aromatic heterocycles. The van der Waals surface area contributed by atoms with E-state index in [9.17, 15) is 43.2 Å². The van der Waals surface area contributed by atoms with Crippen LogP contribution >= 0.6 is 0 Å². The number of hydroxylamine groups is 6. The van der Waals surface area contributed by atoms with Crippen LogP contribution in [0.25, 0.3) is 0 Å². The fraction of sp³-hybridized carbons (Fsp3) is 0.296. The number of nitrogens with one attached hydrogen (secondary N) is 3. The number of carbonyl (C=O) groups excluding carboxylic acids is 9. The first-order valence-electron chi connectivity index (χ1n) is 34.7. The Bertz CT molecular complexity index is 4010. The zero-order chi connectivity index (χ0) is 72.6. The number of nitrogens with zero attached hydrogens (tertiary/aromatic N) is 3. The third-order valence-electron chi connectivity index (χ3n) is 16.1. The Morgan fingerprint density at radius 1 is 0.291 bits per heavy atom. The molecule has 0 aliphatic carbocycles. The van der Waals surface area contributed by atoms with E-state index < -0.39 is 47.4 Å². The summed E-state index contributed by atoms with van der Waals surface area (Å²) in [6, 6.07) is 64.6. The van der Waals surface area contributed by atoms with Gasteiger partial charge in [0.25, 0.3) is 23.6 Å². The average molecular weight is 1400 g/mol. The summed E-state index contributed by atoms with van der Waals surface area (Å²) >= 11 is 0. The molecule has 0 unspecified atom stereocenters. The molecule has 3 N–H and O–H groups in total. The average Bonchev–Trinajstić information content (AvgIpc) is 0.899. The fourth-order valence-electron chi connectivity index (χ4n) is 10.5. The van der Waals surface area contributed by atoms with Gasteiger partial charge in [0.1, 0.15) is 66.1 Å². The lowest BCUT2D eigenvalue weighted by atomic mass is 10.1. The van der Waals surface area contributed by atoms with Gasteiger partial charge in [-0.15, -0.1) is 0 Å². The molecule has 0 aliphatic rings. The van der Waals surface area contributed by atoms with Gasteiger partial charge in [0.2, 0.25) is 11.8 Å². The van der Waals surface area contributed by atoms with Crippen LogP contribution in [0.15, 0.2) is 218 Å². The highest BCUT2D eigenvalue weighted by molar-refractivity contribution is 5.97. The lowest BCUT2D eigenvalue weighted by Crippen LogP contribution is -2.36. The number of amides is 6. The second kappa shape index (κ2) is 43.0. The standard InChI is InChI=1S/C81H88N6O16/c1-61(88)85(101-79(94)67-40-18-22-44-71(67)98-58-63-33-11-3-12-34-63)54-28-6-25-51-82-74(89)47-49-76(91)86(102-80(95)68-41-19-23-45-72(68)99-59-64-35-13-4-14-36-64)55-29-7-26-52-83-75(90)48-50-77(92)87(103-81(96)69-42-20-24-46-73(69)100-60-65-37-15-5-16-38-65)56-30-8-27-53-84-78(93)66-39-17-21-43-70(66)97-57-62-31-9-2-10-32-62/h2-5,9-24,31-46H,6-8,25-30,47-60H2,1H3,(H,82,89)(H,83,90)(H,84,93). The summed E-state index contributed by atoms with van der Waals surface area (Å²) in [6.07, 6.45) is 3.18. The monoisotopic (exact) mass is 1400 g/mol. The van der Waals surface area contributed by atoms with Crippen molar-refractivity contribution in [3.63, 3.8) is 0 Å². The highest BCUT2D eigenvalue weighted by Crippen LogP contribution is 2.26. The van der Waals surface area contributed by atoms with E-state index in [2.05, 4.69) is 16.0 Å². The molecule has 0 spiro atoms. The van der Waals surface area contributed by atoms with E-state index in [1.807, 2.05) is 121 Å². The first-order chi connectivity index (χ1) is 50.3. The molecular weight excluding hydrogens is 1310 g/mol. The summed E-state index contributed by atoms with van der Waals surface area (Å²) in [6.45, 7) is 3.00. The molecule has 0 saturated heterocycles. The molecule has 6 amide bonds. The first kappa shape index (κ1) is 76.9. The Morgan fingerprint density at radius 2 is 0.563 bits per heavy atom. The van der Waals surface area contributed by atoms with Crippen molar-refractivity contribution in [1.82, 2.24) is 31.1 Å². The van der Waals surface area contributed by atoms with Crippen LogP contribution in [0.5, 0.6) is 23.0 Å². The van der Waals surface area contributed by atoms with Crippen LogP contribution in [0.2, 0.25) is 0 Å². The second-order valence-corrected chi connectivity index (χ2v) is 24.0. The van der Waals surface area contributed by atoms with Crippen LogP contribution in [0.3, 0.4) is 0 Å². The first-order valence-corrected chi connectivity index (χ1v) is 34.7. The van der Waals surface area contributed by atoms with Gasteiger partial charge in [0.15, 0.2) is 0 Å². The Morgan fingerprint density at radius 3 is 0.893 bits per heavy atom. The van der Waals surface area contributed by atoms with Gasteiger partial charge in [-0.25, -0.2) is 14.4 Å². The van der Waals surface area contributed by atoms with Crippen LogP contribution in [-0.4, -0.2) is 108 Å². The smallest absolute Gasteiger partial charge is 0.366 e.